The lowest BCUT2D eigenvalue weighted by atomic mass is 9.96. The van der Waals surface area contributed by atoms with Gasteiger partial charge in [0.15, 0.2) is 0 Å². The number of hydrogen-bond acceptors (Lipinski definition) is 3. The van der Waals surface area contributed by atoms with Gasteiger partial charge in [-0.3, -0.25) is 9.78 Å². The Kier molecular flexibility index (Phi) is 4.02. The number of para-hydroxylation sites is 2. The first kappa shape index (κ1) is 15.5. The van der Waals surface area contributed by atoms with Crippen LogP contribution in [0.2, 0.25) is 0 Å². The Balaban J connectivity index is 1.39. The third-order valence-electron chi connectivity index (χ3n) is 4.71. The maximum absolute atomic E-state index is 12.1. The summed E-state index contributed by atoms with van der Waals surface area (Å²) in [7, 11) is 0. The van der Waals surface area contributed by atoms with E-state index >= 15 is 0 Å². The van der Waals surface area contributed by atoms with E-state index in [-0.39, 0.29) is 11.3 Å². The van der Waals surface area contributed by atoms with Crippen LogP contribution in [0, 0.1) is 0 Å². The van der Waals surface area contributed by atoms with Crippen LogP contribution in [-0.2, 0) is 10.2 Å². The summed E-state index contributed by atoms with van der Waals surface area (Å²) in [5, 5.41) is 3.02. The number of hydrogen-bond donors (Lipinski definition) is 1. The summed E-state index contributed by atoms with van der Waals surface area (Å²) in [4.78, 5) is 21.0. The molecule has 1 heterocycles. The molecule has 0 bridgehead atoms. The Morgan fingerprint density at radius 3 is 2.52 bits per heavy atom. The van der Waals surface area contributed by atoms with Crippen molar-refractivity contribution in [3.8, 4) is 0 Å². The lowest BCUT2D eigenvalue weighted by Gasteiger charge is -2.15. The lowest BCUT2D eigenvalue weighted by Crippen LogP contribution is -2.30. The van der Waals surface area contributed by atoms with Crippen LogP contribution in [0.1, 0.15) is 24.1 Å². The number of aromatic nitrogens is 2. The molecule has 2 aromatic carbocycles. The van der Waals surface area contributed by atoms with Crippen LogP contribution in [0.25, 0.3) is 17.1 Å². The predicted octanol–water partition coefficient (Wildman–Crippen LogP) is 3.49. The fourth-order valence-electron chi connectivity index (χ4n) is 3.04. The lowest BCUT2D eigenvalue weighted by molar-refractivity contribution is -0.116. The van der Waals surface area contributed by atoms with E-state index in [9.17, 15) is 4.79 Å². The van der Waals surface area contributed by atoms with Crippen molar-refractivity contribution in [2.24, 2.45) is 0 Å². The first-order valence-corrected chi connectivity index (χ1v) is 8.48. The largest absolute Gasteiger partial charge is 0.352 e. The predicted molar refractivity (Wildman–Crippen MR) is 98.9 cm³/mol. The molecule has 0 saturated heterocycles. The monoisotopic (exact) mass is 329 g/mol. The average Bonchev–Trinajstić information content (AvgIpc) is 3.46. The molecule has 0 aliphatic heterocycles. The van der Waals surface area contributed by atoms with Crippen LogP contribution in [0.4, 0.5) is 0 Å². The van der Waals surface area contributed by atoms with Gasteiger partial charge in [-0.25, -0.2) is 4.98 Å². The van der Waals surface area contributed by atoms with Crippen molar-refractivity contribution in [1.82, 2.24) is 15.3 Å². The molecule has 4 nitrogen and oxygen atoms in total. The standard InChI is InChI=1S/C21H19N3O/c25-20(23-15-21(12-13-21)16-6-2-1-3-7-16)11-10-17-14-22-18-8-4-5-9-19(18)24-17/h1-11,14H,12-13,15H2,(H,23,25)/b11-10+. The zero-order chi connectivity index (χ0) is 17.1. The number of nitrogens with zero attached hydrogens (tertiary/aromatic N) is 2. The van der Waals surface area contributed by atoms with Gasteiger partial charge in [0.1, 0.15) is 0 Å². The molecule has 0 spiro atoms. The van der Waals surface area contributed by atoms with E-state index < -0.39 is 0 Å². The maximum Gasteiger partial charge on any atom is 0.244 e. The molecule has 3 aromatic rings. The number of amides is 1. The minimum absolute atomic E-state index is 0.0998. The van der Waals surface area contributed by atoms with Crippen LogP contribution in [-0.4, -0.2) is 22.4 Å². The number of nitrogens with one attached hydrogen (secondary N) is 1. The third-order valence-corrected chi connectivity index (χ3v) is 4.71. The summed E-state index contributed by atoms with van der Waals surface area (Å²) in [5.41, 5.74) is 3.78. The molecule has 1 amide bonds. The van der Waals surface area contributed by atoms with Crippen LogP contribution in [0.3, 0.4) is 0 Å². The van der Waals surface area contributed by atoms with Crippen molar-refractivity contribution in [2.45, 2.75) is 18.3 Å². The molecule has 1 aliphatic rings. The molecule has 1 N–H and O–H groups in total. The van der Waals surface area contributed by atoms with E-state index in [0.29, 0.717) is 12.2 Å². The number of carbonyl (C=O) groups is 1. The quantitative estimate of drug-likeness (QED) is 0.729. The van der Waals surface area contributed by atoms with Gasteiger partial charge < -0.3 is 5.32 Å². The average molecular weight is 329 g/mol. The van der Waals surface area contributed by atoms with Crippen LogP contribution < -0.4 is 5.32 Å². The van der Waals surface area contributed by atoms with Crippen LogP contribution in [0.5, 0.6) is 0 Å². The van der Waals surface area contributed by atoms with Crippen molar-refractivity contribution in [1.29, 1.82) is 0 Å². The van der Waals surface area contributed by atoms with E-state index in [2.05, 4.69) is 39.6 Å². The highest BCUT2D eigenvalue weighted by atomic mass is 16.1. The fraction of sp³-hybridized carbons (Fsp3) is 0.190. The third kappa shape index (κ3) is 3.43. The molecule has 0 unspecified atom stereocenters. The molecule has 25 heavy (non-hydrogen) atoms. The summed E-state index contributed by atoms with van der Waals surface area (Å²) in [6.45, 7) is 0.670. The molecule has 4 heteroatoms. The van der Waals surface area contributed by atoms with E-state index in [0.717, 1.165) is 23.9 Å². The number of rotatable bonds is 5. The summed E-state index contributed by atoms with van der Waals surface area (Å²) in [6.07, 6.45) is 7.16. The number of fused-ring (bicyclic) bond motifs is 1. The Morgan fingerprint density at radius 2 is 1.76 bits per heavy atom. The zero-order valence-electron chi connectivity index (χ0n) is 13.9. The molecular formula is C21H19N3O. The summed E-state index contributed by atoms with van der Waals surface area (Å²) in [6, 6.07) is 18.1. The number of carbonyl (C=O) groups excluding carboxylic acids is 1. The second-order valence-electron chi connectivity index (χ2n) is 6.48. The first-order chi connectivity index (χ1) is 12.3. The van der Waals surface area contributed by atoms with Crippen LogP contribution in [0.15, 0.2) is 66.9 Å². The second kappa shape index (κ2) is 6.48. The number of benzene rings is 2. The van der Waals surface area contributed by atoms with Gasteiger partial charge in [-0.15, -0.1) is 0 Å². The van der Waals surface area contributed by atoms with Crippen molar-refractivity contribution >= 4 is 23.0 Å². The highest BCUT2D eigenvalue weighted by molar-refractivity contribution is 5.91. The van der Waals surface area contributed by atoms with E-state index in [1.165, 1.54) is 11.6 Å². The van der Waals surface area contributed by atoms with Gasteiger partial charge in [-0.2, -0.15) is 0 Å². The second-order valence-corrected chi connectivity index (χ2v) is 6.48. The highest BCUT2D eigenvalue weighted by Gasteiger charge is 2.43. The maximum atomic E-state index is 12.1. The Hall–Kier alpha value is -3.01. The van der Waals surface area contributed by atoms with Crippen LogP contribution >= 0.6 is 0 Å². The van der Waals surface area contributed by atoms with Gasteiger partial charge in [-0.1, -0.05) is 42.5 Å². The Morgan fingerprint density at radius 1 is 1.04 bits per heavy atom. The molecule has 4 rings (SSSR count). The van der Waals surface area contributed by atoms with Gasteiger partial charge in [0.05, 0.1) is 22.9 Å². The molecule has 0 radical (unpaired) electrons. The zero-order valence-corrected chi connectivity index (χ0v) is 13.9. The smallest absolute Gasteiger partial charge is 0.244 e. The molecule has 1 fully saturated rings. The van der Waals surface area contributed by atoms with Crippen molar-refractivity contribution in [3.05, 3.63) is 78.1 Å². The van der Waals surface area contributed by atoms with Gasteiger partial charge in [0.2, 0.25) is 5.91 Å². The van der Waals surface area contributed by atoms with E-state index in [1.807, 2.05) is 30.3 Å². The Labute approximate surface area is 146 Å². The first-order valence-electron chi connectivity index (χ1n) is 8.48. The molecule has 124 valence electrons. The highest BCUT2D eigenvalue weighted by Crippen LogP contribution is 2.47. The molecule has 1 aromatic heterocycles. The summed E-state index contributed by atoms with van der Waals surface area (Å²) < 4.78 is 0. The SMILES string of the molecule is O=C(/C=C/c1cnc2ccccc2n1)NCC1(c2ccccc2)CC1. The molecule has 1 saturated carbocycles. The fourth-order valence-corrected chi connectivity index (χ4v) is 3.04. The minimum Gasteiger partial charge on any atom is -0.352 e. The van der Waals surface area contributed by atoms with Gasteiger partial charge in [-0.05, 0) is 36.6 Å². The molecular weight excluding hydrogens is 310 g/mol. The molecule has 0 atom stereocenters. The topological polar surface area (TPSA) is 54.9 Å². The van der Waals surface area contributed by atoms with Crippen molar-refractivity contribution in [3.63, 3.8) is 0 Å². The van der Waals surface area contributed by atoms with Crippen molar-refractivity contribution < 1.29 is 4.79 Å². The van der Waals surface area contributed by atoms with Gasteiger partial charge in [0, 0.05) is 18.0 Å². The van der Waals surface area contributed by atoms with E-state index in [4.69, 9.17) is 0 Å². The van der Waals surface area contributed by atoms with E-state index in [1.54, 1.807) is 12.3 Å². The summed E-state index contributed by atoms with van der Waals surface area (Å²) in [5.74, 6) is -0.0998. The normalized spacial score (nSPS) is 15.4. The van der Waals surface area contributed by atoms with Crippen molar-refractivity contribution in [2.75, 3.05) is 6.54 Å². The van der Waals surface area contributed by atoms with Gasteiger partial charge in [0.25, 0.3) is 0 Å². The van der Waals surface area contributed by atoms with Gasteiger partial charge >= 0.3 is 0 Å². The molecule has 1 aliphatic carbocycles. The summed E-state index contributed by atoms with van der Waals surface area (Å²) >= 11 is 0. The minimum atomic E-state index is -0.0998. The Bertz CT molecular complexity index is 930.